The van der Waals surface area contributed by atoms with Crippen molar-refractivity contribution in [1.82, 2.24) is 9.66 Å². The van der Waals surface area contributed by atoms with Crippen molar-refractivity contribution in [2.75, 3.05) is 0 Å². The van der Waals surface area contributed by atoms with Gasteiger partial charge in [0, 0.05) is 5.56 Å². The standard InChI is InChI=1S/C24H20ClN3O2/c1-16(2)30-22-13-12-17(14-20(22)25)15-26-28-23(18-8-4-3-5-9-18)27-21-11-7-6-10-19(21)24(28)29/h3-16H,1-2H3. The largest absolute Gasteiger partial charge is 0.489 e. The molecule has 0 aliphatic heterocycles. The Morgan fingerprint density at radius 3 is 2.50 bits per heavy atom. The molecule has 0 radical (unpaired) electrons. The molecular formula is C24H20ClN3O2. The van der Waals surface area contributed by atoms with Crippen molar-refractivity contribution >= 4 is 28.7 Å². The molecular weight excluding hydrogens is 398 g/mol. The van der Waals surface area contributed by atoms with E-state index >= 15 is 0 Å². The molecule has 0 saturated heterocycles. The van der Waals surface area contributed by atoms with E-state index < -0.39 is 0 Å². The zero-order valence-corrected chi connectivity index (χ0v) is 17.4. The summed E-state index contributed by atoms with van der Waals surface area (Å²) >= 11 is 6.32. The molecule has 0 spiro atoms. The summed E-state index contributed by atoms with van der Waals surface area (Å²) in [5.74, 6) is 1.08. The van der Waals surface area contributed by atoms with Crippen LogP contribution >= 0.6 is 11.6 Å². The molecule has 3 aromatic carbocycles. The van der Waals surface area contributed by atoms with E-state index in [-0.39, 0.29) is 11.7 Å². The summed E-state index contributed by atoms with van der Waals surface area (Å²) in [6, 6.07) is 22.2. The Hall–Kier alpha value is -3.44. The maximum Gasteiger partial charge on any atom is 0.282 e. The van der Waals surface area contributed by atoms with Crippen LogP contribution in [0.2, 0.25) is 5.02 Å². The monoisotopic (exact) mass is 417 g/mol. The van der Waals surface area contributed by atoms with E-state index in [9.17, 15) is 4.79 Å². The van der Waals surface area contributed by atoms with Gasteiger partial charge in [0.05, 0.1) is 28.2 Å². The van der Waals surface area contributed by atoms with E-state index in [2.05, 4.69) is 10.1 Å². The van der Waals surface area contributed by atoms with Gasteiger partial charge in [-0.3, -0.25) is 4.79 Å². The number of benzene rings is 3. The highest BCUT2D eigenvalue weighted by Gasteiger charge is 2.12. The molecule has 0 unspecified atom stereocenters. The molecule has 0 bridgehead atoms. The average Bonchev–Trinajstić information content (AvgIpc) is 2.75. The fourth-order valence-corrected chi connectivity index (χ4v) is 3.31. The predicted octanol–water partition coefficient (Wildman–Crippen LogP) is 5.39. The molecule has 1 aromatic heterocycles. The number of hydrogen-bond donors (Lipinski definition) is 0. The molecule has 0 aliphatic carbocycles. The van der Waals surface area contributed by atoms with Crippen LogP contribution in [0.5, 0.6) is 5.75 Å². The van der Waals surface area contributed by atoms with Crippen molar-refractivity contribution < 1.29 is 4.74 Å². The number of hydrogen-bond acceptors (Lipinski definition) is 4. The number of rotatable bonds is 5. The zero-order chi connectivity index (χ0) is 21.1. The summed E-state index contributed by atoms with van der Waals surface area (Å²) in [5.41, 5.74) is 1.94. The quantitative estimate of drug-likeness (QED) is 0.409. The van der Waals surface area contributed by atoms with Gasteiger partial charge in [0.15, 0.2) is 5.82 Å². The van der Waals surface area contributed by atoms with Gasteiger partial charge in [-0.15, -0.1) is 0 Å². The Balaban J connectivity index is 1.81. The minimum atomic E-state index is -0.235. The van der Waals surface area contributed by atoms with Crippen LogP contribution in [0.1, 0.15) is 19.4 Å². The third-order valence-corrected chi connectivity index (χ3v) is 4.72. The van der Waals surface area contributed by atoms with E-state index in [1.807, 2.05) is 68.4 Å². The highest BCUT2D eigenvalue weighted by molar-refractivity contribution is 6.32. The van der Waals surface area contributed by atoms with Gasteiger partial charge in [0.25, 0.3) is 5.56 Å². The van der Waals surface area contributed by atoms with E-state index in [1.165, 1.54) is 4.68 Å². The minimum Gasteiger partial charge on any atom is -0.489 e. The summed E-state index contributed by atoms with van der Waals surface area (Å²) in [6.45, 7) is 3.88. The minimum absolute atomic E-state index is 0.0256. The molecule has 0 N–H and O–H groups in total. The van der Waals surface area contributed by atoms with E-state index in [4.69, 9.17) is 16.3 Å². The van der Waals surface area contributed by atoms with Gasteiger partial charge in [0.1, 0.15) is 5.75 Å². The first kappa shape index (κ1) is 19.9. The molecule has 4 aromatic rings. The molecule has 6 heteroatoms. The number of aromatic nitrogens is 2. The second-order valence-corrected chi connectivity index (χ2v) is 7.44. The first-order valence-corrected chi connectivity index (χ1v) is 9.98. The molecule has 30 heavy (non-hydrogen) atoms. The Morgan fingerprint density at radius 1 is 1.03 bits per heavy atom. The molecule has 150 valence electrons. The van der Waals surface area contributed by atoms with Gasteiger partial charge < -0.3 is 4.74 Å². The van der Waals surface area contributed by atoms with Crippen molar-refractivity contribution in [3.8, 4) is 17.1 Å². The van der Waals surface area contributed by atoms with Crippen LogP contribution in [0.4, 0.5) is 0 Å². The summed E-state index contributed by atoms with van der Waals surface area (Å²) in [6.07, 6.45) is 1.62. The Labute approximate surface area is 179 Å². The van der Waals surface area contributed by atoms with Crippen LogP contribution in [0.3, 0.4) is 0 Å². The Morgan fingerprint density at radius 2 is 1.77 bits per heavy atom. The SMILES string of the molecule is CC(C)Oc1ccc(C=Nn2c(-c3ccccc3)nc3ccccc3c2=O)cc1Cl. The number of nitrogens with zero attached hydrogens (tertiary/aromatic N) is 3. The second kappa shape index (κ2) is 8.51. The van der Waals surface area contributed by atoms with Crippen molar-refractivity contribution in [3.05, 3.63) is 93.7 Å². The highest BCUT2D eigenvalue weighted by Crippen LogP contribution is 2.26. The molecule has 0 amide bonds. The summed E-state index contributed by atoms with van der Waals surface area (Å²) in [7, 11) is 0. The zero-order valence-electron chi connectivity index (χ0n) is 16.6. The van der Waals surface area contributed by atoms with Gasteiger partial charge in [-0.05, 0) is 49.7 Å². The van der Waals surface area contributed by atoms with Gasteiger partial charge in [-0.25, -0.2) is 4.98 Å². The summed E-state index contributed by atoms with van der Waals surface area (Å²) in [5, 5.41) is 5.44. The maximum atomic E-state index is 13.1. The van der Waals surface area contributed by atoms with Gasteiger partial charge in [-0.2, -0.15) is 9.78 Å². The van der Waals surface area contributed by atoms with Crippen LogP contribution < -0.4 is 10.3 Å². The topological polar surface area (TPSA) is 56.5 Å². The third-order valence-electron chi connectivity index (χ3n) is 4.43. The fraction of sp³-hybridized carbons (Fsp3) is 0.125. The lowest BCUT2D eigenvalue weighted by Gasteiger charge is -2.11. The van der Waals surface area contributed by atoms with E-state index in [0.717, 1.165) is 11.1 Å². The van der Waals surface area contributed by atoms with Crippen molar-refractivity contribution in [2.45, 2.75) is 20.0 Å². The Kier molecular flexibility index (Phi) is 5.63. The molecule has 0 fully saturated rings. The smallest absolute Gasteiger partial charge is 0.282 e. The third kappa shape index (κ3) is 4.11. The van der Waals surface area contributed by atoms with E-state index in [1.54, 1.807) is 24.4 Å². The first-order valence-electron chi connectivity index (χ1n) is 9.61. The average molecular weight is 418 g/mol. The van der Waals surface area contributed by atoms with E-state index in [0.29, 0.717) is 27.5 Å². The number of para-hydroxylation sites is 1. The van der Waals surface area contributed by atoms with Crippen molar-refractivity contribution in [2.24, 2.45) is 5.10 Å². The Bertz CT molecular complexity index is 1280. The molecule has 0 atom stereocenters. The first-order chi connectivity index (χ1) is 14.5. The number of fused-ring (bicyclic) bond motifs is 1. The summed E-state index contributed by atoms with van der Waals surface area (Å²) in [4.78, 5) is 17.8. The van der Waals surface area contributed by atoms with Crippen LogP contribution in [0.15, 0.2) is 82.7 Å². The number of halogens is 1. The van der Waals surface area contributed by atoms with Gasteiger partial charge in [-0.1, -0.05) is 54.1 Å². The highest BCUT2D eigenvalue weighted by atomic mass is 35.5. The van der Waals surface area contributed by atoms with Crippen LogP contribution in [0.25, 0.3) is 22.3 Å². The lowest BCUT2D eigenvalue weighted by atomic mass is 10.2. The number of ether oxygens (including phenoxy) is 1. The lowest BCUT2D eigenvalue weighted by Crippen LogP contribution is -2.20. The van der Waals surface area contributed by atoms with Gasteiger partial charge >= 0.3 is 0 Å². The molecule has 0 aliphatic rings. The molecule has 4 rings (SSSR count). The lowest BCUT2D eigenvalue weighted by molar-refractivity contribution is 0.242. The molecule has 0 saturated carbocycles. The predicted molar refractivity (Wildman–Crippen MR) is 122 cm³/mol. The molecule has 1 heterocycles. The van der Waals surface area contributed by atoms with Crippen molar-refractivity contribution in [1.29, 1.82) is 0 Å². The summed E-state index contributed by atoms with van der Waals surface area (Å²) < 4.78 is 6.99. The molecule has 5 nitrogen and oxygen atoms in total. The fourth-order valence-electron chi connectivity index (χ4n) is 3.08. The van der Waals surface area contributed by atoms with Crippen molar-refractivity contribution in [3.63, 3.8) is 0 Å². The van der Waals surface area contributed by atoms with Crippen LogP contribution in [-0.2, 0) is 0 Å². The maximum absolute atomic E-state index is 13.1. The van der Waals surface area contributed by atoms with Gasteiger partial charge in [0.2, 0.25) is 0 Å². The second-order valence-electron chi connectivity index (χ2n) is 7.04. The van der Waals surface area contributed by atoms with Crippen LogP contribution in [-0.4, -0.2) is 22.0 Å². The van der Waals surface area contributed by atoms with Crippen LogP contribution in [0, 0.1) is 0 Å². The normalized spacial score (nSPS) is 11.5.